The van der Waals surface area contributed by atoms with Crippen molar-refractivity contribution in [2.75, 3.05) is 0 Å². The molecule has 0 spiro atoms. The Morgan fingerprint density at radius 3 is 1.75 bits per heavy atom. The second-order valence-corrected chi connectivity index (χ2v) is 3.15. The van der Waals surface area contributed by atoms with Gasteiger partial charge in [-0.3, -0.25) is 0 Å². The predicted octanol–water partition coefficient (Wildman–Crippen LogP) is 2.22. The number of allylic oxidation sites excluding steroid dienone is 2. The van der Waals surface area contributed by atoms with Crippen LogP contribution in [0.25, 0.3) is 0 Å². The fourth-order valence-electron chi connectivity index (χ4n) is 2.06. The molecule has 0 amide bonds. The van der Waals surface area contributed by atoms with Gasteiger partial charge in [-0.2, -0.15) is 0 Å². The third-order valence-electron chi connectivity index (χ3n) is 2.79. The molecular weight excluding hydrogens is 96.1 g/mol. The Labute approximate surface area is 50.6 Å². The summed E-state index contributed by atoms with van der Waals surface area (Å²) in [6.07, 6.45) is 7.72. The summed E-state index contributed by atoms with van der Waals surface area (Å²) in [5.41, 5.74) is 0. The maximum Gasteiger partial charge on any atom is -0.0202 e. The first kappa shape index (κ1) is 4.60. The van der Waals surface area contributed by atoms with Crippen LogP contribution in [-0.2, 0) is 0 Å². The molecule has 0 unspecified atom stereocenters. The Morgan fingerprint density at radius 2 is 1.62 bits per heavy atom. The van der Waals surface area contributed by atoms with Crippen LogP contribution in [0, 0.1) is 17.8 Å². The van der Waals surface area contributed by atoms with Gasteiger partial charge in [0.15, 0.2) is 0 Å². The third-order valence-corrected chi connectivity index (χ3v) is 2.79. The molecule has 8 heavy (non-hydrogen) atoms. The zero-order valence-corrected chi connectivity index (χ0v) is 5.30. The van der Waals surface area contributed by atoms with Crippen LogP contribution < -0.4 is 0 Å². The van der Waals surface area contributed by atoms with Crippen LogP contribution in [-0.4, -0.2) is 0 Å². The van der Waals surface area contributed by atoms with Crippen molar-refractivity contribution in [2.24, 2.45) is 17.8 Å². The van der Waals surface area contributed by atoms with Crippen LogP contribution in [0.2, 0.25) is 0 Å². The quantitative estimate of drug-likeness (QED) is 0.417. The zero-order valence-electron chi connectivity index (χ0n) is 5.30. The lowest BCUT2D eigenvalue weighted by atomic mass is 10.00. The topological polar surface area (TPSA) is 0 Å². The van der Waals surface area contributed by atoms with Crippen molar-refractivity contribution in [2.45, 2.75) is 19.8 Å². The standard InChI is InChI=1S/C8H12/c1-6-7-2-3-8(6)5-4-7/h2-3,6-8H,4-5H2,1H3/t7-,8-/m0/s1. The molecule has 0 aromatic heterocycles. The minimum Gasteiger partial charge on any atom is -0.0848 e. The molecule has 2 aliphatic carbocycles. The van der Waals surface area contributed by atoms with Gasteiger partial charge in [0.2, 0.25) is 0 Å². The van der Waals surface area contributed by atoms with E-state index in [1.807, 2.05) is 0 Å². The Morgan fingerprint density at radius 1 is 1.12 bits per heavy atom. The van der Waals surface area contributed by atoms with E-state index in [2.05, 4.69) is 19.1 Å². The van der Waals surface area contributed by atoms with E-state index in [0.29, 0.717) is 0 Å². The van der Waals surface area contributed by atoms with Gasteiger partial charge in [0.1, 0.15) is 0 Å². The number of rotatable bonds is 0. The zero-order chi connectivity index (χ0) is 5.56. The first-order valence-electron chi connectivity index (χ1n) is 3.56. The van der Waals surface area contributed by atoms with E-state index in [-0.39, 0.29) is 0 Å². The van der Waals surface area contributed by atoms with E-state index in [0.717, 1.165) is 17.8 Å². The van der Waals surface area contributed by atoms with Crippen LogP contribution in [0.15, 0.2) is 12.2 Å². The average molecular weight is 108 g/mol. The first-order chi connectivity index (χ1) is 3.88. The number of hydrogen-bond donors (Lipinski definition) is 0. The van der Waals surface area contributed by atoms with E-state index in [1.54, 1.807) is 0 Å². The van der Waals surface area contributed by atoms with Crippen LogP contribution in [0.4, 0.5) is 0 Å². The first-order valence-corrected chi connectivity index (χ1v) is 3.56. The number of hydrogen-bond acceptors (Lipinski definition) is 0. The molecule has 0 nitrogen and oxygen atoms in total. The van der Waals surface area contributed by atoms with Crippen LogP contribution in [0.3, 0.4) is 0 Å². The molecule has 1 saturated carbocycles. The smallest absolute Gasteiger partial charge is 0.0202 e. The summed E-state index contributed by atoms with van der Waals surface area (Å²) in [4.78, 5) is 0. The van der Waals surface area contributed by atoms with Crippen molar-refractivity contribution in [3.8, 4) is 0 Å². The average Bonchev–Trinajstić information content (AvgIpc) is 2.29. The van der Waals surface area contributed by atoms with E-state index in [1.165, 1.54) is 12.8 Å². The second-order valence-electron chi connectivity index (χ2n) is 3.15. The van der Waals surface area contributed by atoms with E-state index in [9.17, 15) is 0 Å². The lowest BCUT2D eigenvalue weighted by Gasteiger charge is -2.05. The summed E-state index contributed by atoms with van der Waals surface area (Å²) in [5, 5.41) is 0. The molecule has 0 aliphatic heterocycles. The summed E-state index contributed by atoms with van der Waals surface area (Å²) >= 11 is 0. The van der Waals surface area contributed by atoms with Gasteiger partial charge in [-0.1, -0.05) is 19.1 Å². The van der Waals surface area contributed by atoms with Crippen molar-refractivity contribution in [3.05, 3.63) is 12.2 Å². The SMILES string of the molecule is CC1[C@H]2C=C[C@H]1CC2. The summed E-state index contributed by atoms with van der Waals surface area (Å²) in [6, 6.07) is 0. The molecule has 2 rings (SSSR count). The van der Waals surface area contributed by atoms with Crippen LogP contribution in [0.5, 0.6) is 0 Å². The van der Waals surface area contributed by atoms with E-state index < -0.39 is 0 Å². The number of fused-ring (bicyclic) bond motifs is 2. The Balaban J connectivity index is 2.27. The highest BCUT2D eigenvalue weighted by molar-refractivity contribution is 5.10. The Kier molecular flexibility index (Phi) is 0.787. The molecule has 2 aliphatic rings. The highest BCUT2D eigenvalue weighted by Gasteiger charge is 2.33. The lowest BCUT2D eigenvalue weighted by molar-refractivity contribution is 0.474. The fourth-order valence-corrected chi connectivity index (χ4v) is 2.06. The van der Waals surface area contributed by atoms with E-state index >= 15 is 0 Å². The van der Waals surface area contributed by atoms with Gasteiger partial charge >= 0.3 is 0 Å². The highest BCUT2D eigenvalue weighted by atomic mass is 14.4. The molecule has 0 heterocycles. The van der Waals surface area contributed by atoms with Gasteiger partial charge in [0.25, 0.3) is 0 Å². The van der Waals surface area contributed by atoms with Gasteiger partial charge in [-0.05, 0) is 30.6 Å². The van der Waals surface area contributed by atoms with Gasteiger partial charge in [0, 0.05) is 0 Å². The Bertz CT molecular complexity index is 110. The van der Waals surface area contributed by atoms with Crippen molar-refractivity contribution in [1.82, 2.24) is 0 Å². The largest absolute Gasteiger partial charge is 0.0848 e. The van der Waals surface area contributed by atoms with Crippen molar-refractivity contribution in [3.63, 3.8) is 0 Å². The molecule has 0 aromatic carbocycles. The van der Waals surface area contributed by atoms with Crippen LogP contribution >= 0.6 is 0 Å². The molecule has 0 N–H and O–H groups in total. The normalized spacial score (nSPS) is 50.9. The van der Waals surface area contributed by atoms with Crippen molar-refractivity contribution in [1.29, 1.82) is 0 Å². The second kappa shape index (κ2) is 1.37. The molecule has 2 atom stereocenters. The van der Waals surface area contributed by atoms with Crippen LogP contribution in [0.1, 0.15) is 19.8 Å². The molecule has 0 aromatic rings. The molecule has 0 saturated heterocycles. The monoisotopic (exact) mass is 108 g/mol. The minimum absolute atomic E-state index is 0.958. The minimum atomic E-state index is 0.958. The van der Waals surface area contributed by atoms with Gasteiger partial charge in [-0.15, -0.1) is 0 Å². The molecule has 2 bridgehead atoms. The fraction of sp³-hybridized carbons (Fsp3) is 0.750. The summed E-state index contributed by atoms with van der Waals surface area (Å²) in [6.45, 7) is 2.38. The molecule has 44 valence electrons. The lowest BCUT2D eigenvalue weighted by Crippen LogP contribution is -1.99. The van der Waals surface area contributed by atoms with Gasteiger partial charge in [-0.25, -0.2) is 0 Å². The van der Waals surface area contributed by atoms with Gasteiger partial charge < -0.3 is 0 Å². The Hall–Kier alpha value is -0.260. The molecule has 0 radical (unpaired) electrons. The maximum absolute atomic E-state index is 2.40. The summed E-state index contributed by atoms with van der Waals surface area (Å²) in [5.74, 6) is 2.90. The summed E-state index contributed by atoms with van der Waals surface area (Å²) < 4.78 is 0. The molecular formula is C8H12. The highest BCUT2D eigenvalue weighted by Crippen LogP contribution is 2.43. The third kappa shape index (κ3) is 0.410. The van der Waals surface area contributed by atoms with Crippen molar-refractivity contribution < 1.29 is 0 Å². The predicted molar refractivity (Wildman–Crippen MR) is 34.5 cm³/mol. The summed E-state index contributed by atoms with van der Waals surface area (Å²) in [7, 11) is 0. The van der Waals surface area contributed by atoms with E-state index in [4.69, 9.17) is 0 Å². The molecule has 1 fully saturated rings. The van der Waals surface area contributed by atoms with Gasteiger partial charge in [0.05, 0.1) is 0 Å². The van der Waals surface area contributed by atoms with Crippen molar-refractivity contribution >= 4 is 0 Å². The maximum atomic E-state index is 2.40. The molecule has 0 heteroatoms.